The Labute approximate surface area is 129 Å². The van der Waals surface area contributed by atoms with Crippen LogP contribution in [-0.2, 0) is 0 Å². The molecule has 0 saturated carbocycles. The highest BCUT2D eigenvalue weighted by Crippen LogP contribution is 2.30. The van der Waals surface area contributed by atoms with E-state index in [-0.39, 0.29) is 5.54 Å². The molecule has 0 radical (unpaired) electrons. The quantitative estimate of drug-likeness (QED) is 0.868. The van der Waals surface area contributed by atoms with Gasteiger partial charge >= 0.3 is 0 Å². The standard InChI is InChI=1S/C15H18ClN5/c1-15(2,3)21-9-20(11-6-4-10(16)5-7-11)13(17)12-8-18-19-14(12)21/h4-8H,9,17H2,1-3H3. The molecule has 21 heavy (non-hydrogen) atoms. The number of fused-ring (bicyclic) bond motifs is 1. The second-order valence-electron chi connectivity index (χ2n) is 6.11. The molecule has 0 bridgehead atoms. The summed E-state index contributed by atoms with van der Waals surface area (Å²) in [4.78, 5) is 4.24. The lowest BCUT2D eigenvalue weighted by molar-refractivity contribution is 0.236. The first kappa shape index (κ1) is 13.9. The fourth-order valence-corrected chi connectivity index (χ4v) is 2.56. The number of amidine groups is 1. The fourth-order valence-electron chi connectivity index (χ4n) is 2.43. The molecule has 0 unspecified atom stereocenters. The van der Waals surface area contributed by atoms with E-state index < -0.39 is 0 Å². The summed E-state index contributed by atoms with van der Waals surface area (Å²) in [6, 6.07) is 7.65. The third kappa shape index (κ3) is 2.38. The van der Waals surface area contributed by atoms with Crippen molar-refractivity contribution in [1.82, 2.24) is 4.90 Å². The maximum atomic E-state index is 6.31. The van der Waals surface area contributed by atoms with Gasteiger partial charge < -0.3 is 15.5 Å². The molecular weight excluding hydrogens is 286 g/mol. The molecule has 0 amide bonds. The lowest BCUT2D eigenvalue weighted by Crippen LogP contribution is -2.56. The molecule has 0 fully saturated rings. The Kier molecular flexibility index (Phi) is 3.17. The van der Waals surface area contributed by atoms with Crippen LogP contribution in [0.25, 0.3) is 0 Å². The van der Waals surface area contributed by atoms with Crippen LogP contribution in [0.1, 0.15) is 20.8 Å². The lowest BCUT2D eigenvalue weighted by atomic mass is 10.0. The first-order valence-electron chi connectivity index (χ1n) is 6.80. The largest absolute Gasteiger partial charge is 0.384 e. The Hall–Kier alpha value is -2.01. The second kappa shape index (κ2) is 4.77. The van der Waals surface area contributed by atoms with Gasteiger partial charge in [-0.25, -0.2) is 0 Å². The zero-order chi connectivity index (χ0) is 15.2. The monoisotopic (exact) mass is 303 g/mol. The smallest absolute Gasteiger partial charge is 0.165 e. The lowest BCUT2D eigenvalue weighted by Gasteiger charge is -2.45. The first-order chi connectivity index (χ1) is 9.88. The van der Waals surface area contributed by atoms with Crippen LogP contribution >= 0.6 is 11.6 Å². The molecule has 1 aromatic rings. The molecule has 110 valence electrons. The number of hydrogen-bond donors (Lipinski definition) is 1. The van der Waals surface area contributed by atoms with E-state index in [0.29, 0.717) is 17.5 Å². The molecule has 5 nitrogen and oxygen atoms in total. The Morgan fingerprint density at radius 2 is 1.86 bits per heavy atom. The van der Waals surface area contributed by atoms with Crippen LogP contribution in [0.5, 0.6) is 0 Å². The SMILES string of the molecule is CC(C)(C)N1CN(c2ccc(Cl)cc2)C(N)=C2C=NN=C21. The molecule has 2 aliphatic rings. The third-order valence-corrected chi connectivity index (χ3v) is 3.89. The van der Waals surface area contributed by atoms with Crippen LogP contribution in [0.2, 0.25) is 5.02 Å². The second-order valence-corrected chi connectivity index (χ2v) is 6.55. The van der Waals surface area contributed by atoms with Crippen molar-refractivity contribution >= 4 is 29.3 Å². The van der Waals surface area contributed by atoms with E-state index in [0.717, 1.165) is 17.1 Å². The minimum Gasteiger partial charge on any atom is -0.384 e. The van der Waals surface area contributed by atoms with Crippen LogP contribution in [0.15, 0.2) is 45.9 Å². The summed E-state index contributed by atoms with van der Waals surface area (Å²) < 4.78 is 0. The van der Waals surface area contributed by atoms with Gasteiger partial charge in [0.05, 0.1) is 18.5 Å². The Balaban J connectivity index is 2.06. The highest BCUT2D eigenvalue weighted by Gasteiger charge is 2.36. The third-order valence-electron chi connectivity index (χ3n) is 3.63. The summed E-state index contributed by atoms with van der Waals surface area (Å²) in [7, 11) is 0. The van der Waals surface area contributed by atoms with E-state index in [2.05, 4.69) is 35.9 Å². The molecule has 0 atom stereocenters. The number of rotatable bonds is 1. The van der Waals surface area contributed by atoms with Gasteiger partial charge in [-0.3, -0.25) is 0 Å². The molecule has 1 aromatic carbocycles. The maximum Gasteiger partial charge on any atom is 0.165 e. The van der Waals surface area contributed by atoms with E-state index >= 15 is 0 Å². The molecule has 6 heteroatoms. The predicted octanol–water partition coefficient (Wildman–Crippen LogP) is 2.79. The van der Waals surface area contributed by atoms with Gasteiger partial charge in [-0.05, 0) is 45.0 Å². The van der Waals surface area contributed by atoms with Crippen LogP contribution in [0.4, 0.5) is 5.69 Å². The molecule has 0 aliphatic carbocycles. The minimum absolute atomic E-state index is 0.0802. The van der Waals surface area contributed by atoms with Crippen LogP contribution in [-0.4, -0.2) is 29.2 Å². The normalized spacial score (nSPS) is 18.2. The molecule has 2 N–H and O–H groups in total. The number of nitrogens with two attached hydrogens (primary N) is 1. The molecule has 0 aromatic heterocycles. The van der Waals surface area contributed by atoms with Crippen molar-refractivity contribution in [2.45, 2.75) is 26.3 Å². The van der Waals surface area contributed by atoms with Crippen molar-refractivity contribution in [2.24, 2.45) is 15.9 Å². The highest BCUT2D eigenvalue weighted by molar-refractivity contribution is 6.30. The fraction of sp³-hybridized carbons (Fsp3) is 0.333. The van der Waals surface area contributed by atoms with Gasteiger partial charge in [-0.2, -0.15) is 5.10 Å². The number of halogens is 1. The van der Waals surface area contributed by atoms with Crippen molar-refractivity contribution < 1.29 is 0 Å². The number of nitrogens with zero attached hydrogens (tertiary/aromatic N) is 4. The average molecular weight is 304 g/mol. The van der Waals surface area contributed by atoms with Crippen molar-refractivity contribution in [2.75, 3.05) is 11.6 Å². The van der Waals surface area contributed by atoms with Crippen LogP contribution in [0, 0.1) is 0 Å². The number of anilines is 1. The van der Waals surface area contributed by atoms with Crippen molar-refractivity contribution in [3.8, 4) is 0 Å². The summed E-state index contributed by atoms with van der Waals surface area (Å²) in [6.45, 7) is 7.07. The zero-order valence-corrected chi connectivity index (χ0v) is 13.1. The van der Waals surface area contributed by atoms with Gasteiger partial charge in [-0.15, -0.1) is 5.10 Å². The summed E-state index contributed by atoms with van der Waals surface area (Å²) in [6.07, 6.45) is 1.71. The summed E-state index contributed by atoms with van der Waals surface area (Å²) in [5.41, 5.74) is 8.10. The van der Waals surface area contributed by atoms with Gasteiger partial charge in [0.2, 0.25) is 0 Å². The number of hydrogen-bond acceptors (Lipinski definition) is 5. The topological polar surface area (TPSA) is 57.2 Å². The van der Waals surface area contributed by atoms with E-state index in [9.17, 15) is 0 Å². The number of benzene rings is 1. The molecule has 2 aliphatic heterocycles. The van der Waals surface area contributed by atoms with E-state index in [1.807, 2.05) is 29.2 Å². The summed E-state index contributed by atoms with van der Waals surface area (Å²) >= 11 is 5.96. The first-order valence-corrected chi connectivity index (χ1v) is 7.17. The molecular formula is C15H18ClN5. The van der Waals surface area contributed by atoms with Gasteiger partial charge in [-0.1, -0.05) is 11.6 Å². The minimum atomic E-state index is -0.0802. The molecule has 2 heterocycles. The van der Waals surface area contributed by atoms with Crippen molar-refractivity contribution in [1.29, 1.82) is 0 Å². The van der Waals surface area contributed by atoms with E-state index in [1.54, 1.807) is 6.21 Å². The van der Waals surface area contributed by atoms with Gasteiger partial charge in [0.1, 0.15) is 5.82 Å². The zero-order valence-electron chi connectivity index (χ0n) is 12.3. The Morgan fingerprint density at radius 3 is 2.48 bits per heavy atom. The van der Waals surface area contributed by atoms with E-state index in [4.69, 9.17) is 17.3 Å². The summed E-state index contributed by atoms with van der Waals surface area (Å²) in [5.74, 6) is 1.50. The molecule has 0 saturated heterocycles. The predicted molar refractivity (Wildman–Crippen MR) is 87.5 cm³/mol. The molecule has 3 rings (SSSR count). The van der Waals surface area contributed by atoms with E-state index in [1.165, 1.54) is 0 Å². The maximum absolute atomic E-state index is 6.31. The van der Waals surface area contributed by atoms with Crippen molar-refractivity contribution in [3.63, 3.8) is 0 Å². The van der Waals surface area contributed by atoms with Gasteiger partial charge in [0.25, 0.3) is 0 Å². The van der Waals surface area contributed by atoms with Crippen molar-refractivity contribution in [3.05, 3.63) is 40.7 Å². The highest BCUT2D eigenvalue weighted by atomic mass is 35.5. The molecule has 0 spiro atoms. The Morgan fingerprint density at radius 1 is 1.19 bits per heavy atom. The average Bonchev–Trinajstić information content (AvgIpc) is 2.89. The summed E-state index contributed by atoms with van der Waals surface area (Å²) in [5, 5.41) is 8.95. The Bertz CT molecular complexity index is 652. The van der Waals surface area contributed by atoms with Crippen LogP contribution in [0.3, 0.4) is 0 Å². The van der Waals surface area contributed by atoms with Crippen LogP contribution < -0.4 is 10.6 Å². The van der Waals surface area contributed by atoms with Gasteiger partial charge in [0, 0.05) is 16.2 Å². The van der Waals surface area contributed by atoms with Gasteiger partial charge in [0.15, 0.2) is 5.84 Å².